The van der Waals surface area contributed by atoms with Crippen molar-refractivity contribution in [3.63, 3.8) is 0 Å². The number of aryl methyl sites for hydroxylation is 2. The largest absolute Gasteiger partial charge is 0.352 e. The number of carbonyl (C=O) groups is 1. The number of pyridine rings is 1. The SMILES string of the molecule is Cc1ccccc1C[C@H](C)NC(=O)Cn1cccc(C)c1=O. The minimum absolute atomic E-state index is 0.0223. The minimum Gasteiger partial charge on any atom is -0.352 e. The van der Waals surface area contributed by atoms with Crippen LogP contribution in [-0.4, -0.2) is 16.5 Å². The second kappa shape index (κ2) is 7.07. The van der Waals surface area contributed by atoms with Gasteiger partial charge in [0.15, 0.2) is 0 Å². The molecule has 0 aliphatic carbocycles. The van der Waals surface area contributed by atoms with Crippen LogP contribution in [0.3, 0.4) is 0 Å². The summed E-state index contributed by atoms with van der Waals surface area (Å²) in [5.74, 6) is -0.145. The van der Waals surface area contributed by atoms with E-state index in [1.165, 1.54) is 15.7 Å². The van der Waals surface area contributed by atoms with Gasteiger partial charge in [-0.2, -0.15) is 0 Å². The molecule has 0 saturated heterocycles. The number of nitrogens with zero attached hydrogens (tertiary/aromatic N) is 1. The quantitative estimate of drug-likeness (QED) is 0.920. The highest BCUT2D eigenvalue weighted by Crippen LogP contribution is 2.09. The fraction of sp³-hybridized carbons (Fsp3) is 0.333. The summed E-state index contributed by atoms with van der Waals surface area (Å²) in [5, 5.41) is 2.95. The summed E-state index contributed by atoms with van der Waals surface area (Å²) in [6.07, 6.45) is 2.42. The summed E-state index contributed by atoms with van der Waals surface area (Å²) in [7, 11) is 0. The van der Waals surface area contributed by atoms with Gasteiger partial charge in [0.1, 0.15) is 6.54 Å². The van der Waals surface area contributed by atoms with E-state index in [4.69, 9.17) is 0 Å². The van der Waals surface area contributed by atoms with Gasteiger partial charge in [-0.25, -0.2) is 0 Å². The highest BCUT2D eigenvalue weighted by molar-refractivity contribution is 5.76. The topological polar surface area (TPSA) is 51.1 Å². The molecule has 1 aromatic carbocycles. The van der Waals surface area contributed by atoms with Gasteiger partial charge in [0, 0.05) is 17.8 Å². The van der Waals surface area contributed by atoms with E-state index in [0.717, 1.165) is 6.42 Å². The molecule has 0 fully saturated rings. The van der Waals surface area contributed by atoms with Crippen molar-refractivity contribution >= 4 is 5.91 Å². The third-order valence-electron chi connectivity index (χ3n) is 3.72. The Kier molecular flexibility index (Phi) is 5.15. The minimum atomic E-state index is -0.145. The molecular formula is C18H22N2O2. The van der Waals surface area contributed by atoms with Gasteiger partial charge >= 0.3 is 0 Å². The lowest BCUT2D eigenvalue weighted by Crippen LogP contribution is -2.38. The van der Waals surface area contributed by atoms with Crippen LogP contribution in [0.15, 0.2) is 47.4 Å². The zero-order chi connectivity index (χ0) is 16.1. The van der Waals surface area contributed by atoms with Crippen molar-refractivity contribution in [2.75, 3.05) is 0 Å². The van der Waals surface area contributed by atoms with Crippen LogP contribution in [0.2, 0.25) is 0 Å². The zero-order valence-electron chi connectivity index (χ0n) is 13.3. The van der Waals surface area contributed by atoms with Crippen LogP contribution in [0.25, 0.3) is 0 Å². The van der Waals surface area contributed by atoms with E-state index in [2.05, 4.69) is 24.4 Å². The molecule has 0 unspecified atom stereocenters. The summed E-state index contributed by atoms with van der Waals surface area (Å²) in [5.41, 5.74) is 2.97. The maximum absolute atomic E-state index is 12.1. The number of hydrogen-bond acceptors (Lipinski definition) is 2. The van der Waals surface area contributed by atoms with E-state index < -0.39 is 0 Å². The maximum Gasteiger partial charge on any atom is 0.253 e. The molecule has 1 N–H and O–H groups in total. The molecule has 0 bridgehead atoms. The number of amides is 1. The molecule has 1 atom stereocenters. The Morgan fingerprint density at radius 2 is 1.82 bits per heavy atom. The Labute approximate surface area is 130 Å². The lowest BCUT2D eigenvalue weighted by atomic mass is 10.0. The molecule has 0 aliphatic heterocycles. The average Bonchev–Trinajstić information content (AvgIpc) is 2.46. The number of carbonyl (C=O) groups excluding carboxylic acids is 1. The van der Waals surface area contributed by atoms with Crippen LogP contribution in [0.4, 0.5) is 0 Å². The molecule has 116 valence electrons. The highest BCUT2D eigenvalue weighted by atomic mass is 16.2. The fourth-order valence-electron chi connectivity index (χ4n) is 2.48. The molecule has 1 aromatic heterocycles. The highest BCUT2D eigenvalue weighted by Gasteiger charge is 2.10. The first-order valence-corrected chi connectivity index (χ1v) is 7.47. The van der Waals surface area contributed by atoms with Gasteiger partial charge < -0.3 is 9.88 Å². The van der Waals surface area contributed by atoms with E-state index in [1.807, 2.05) is 19.1 Å². The molecule has 0 aliphatic rings. The van der Waals surface area contributed by atoms with Crippen molar-refractivity contribution in [2.45, 2.75) is 39.8 Å². The first kappa shape index (κ1) is 16.0. The van der Waals surface area contributed by atoms with Crippen molar-refractivity contribution in [2.24, 2.45) is 0 Å². The third-order valence-corrected chi connectivity index (χ3v) is 3.72. The van der Waals surface area contributed by atoms with Gasteiger partial charge in [-0.05, 0) is 44.4 Å². The second-order valence-corrected chi connectivity index (χ2v) is 5.72. The molecular weight excluding hydrogens is 276 g/mol. The monoisotopic (exact) mass is 298 g/mol. The molecule has 2 aromatic rings. The first-order chi connectivity index (χ1) is 10.5. The van der Waals surface area contributed by atoms with Gasteiger partial charge in [-0.15, -0.1) is 0 Å². The predicted octanol–water partition coefficient (Wildman–Crippen LogP) is 2.21. The van der Waals surface area contributed by atoms with Crippen LogP contribution < -0.4 is 10.9 Å². The van der Waals surface area contributed by atoms with Crippen molar-refractivity contribution in [3.05, 3.63) is 69.6 Å². The number of rotatable bonds is 5. The van der Waals surface area contributed by atoms with E-state index in [0.29, 0.717) is 5.56 Å². The van der Waals surface area contributed by atoms with Gasteiger partial charge in [0.05, 0.1) is 0 Å². The molecule has 0 radical (unpaired) electrons. The third kappa shape index (κ3) is 4.07. The number of hydrogen-bond donors (Lipinski definition) is 1. The van der Waals surface area contributed by atoms with E-state index in [1.54, 1.807) is 25.3 Å². The van der Waals surface area contributed by atoms with Crippen molar-refractivity contribution in [3.8, 4) is 0 Å². The van der Waals surface area contributed by atoms with E-state index >= 15 is 0 Å². The van der Waals surface area contributed by atoms with Gasteiger partial charge in [-0.3, -0.25) is 9.59 Å². The lowest BCUT2D eigenvalue weighted by Gasteiger charge is -2.16. The van der Waals surface area contributed by atoms with Crippen LogP contribution in [0.5, 0.6) is 0 Å². The Morgan fingerprint density at radius 3 is 2.55 bits per heavy atom. The van der Waals surface area contributed by atoms with Crippen LogP contribution in [-0.2, 0) is 17.8 Å². The molecule has 0 spiro atoms. The smallest absolute Gasteiger partial charge is 0.253 e. The standard InChI is InChI=1S/C18H22N2O2/c1-13-7-4-5-9-16(13)11-15(3)19-17(21)12-20-10-6-8-14(2)18(20)22/h4-10,15H,11-12H2,1-3H3,(H,19,21)/t15-/m0/s1. The number of nitrogens with one attached hydrogen (secondary N) is 1. The number of benzene rings is 1. The summed E-state index contributed by atoms with van der Waals surface area (Å²) in [6, 6.07) is 11.7. The molecule has 0 saturated carbocycles. The Hall–Kier alpha value is -2.36. The molecule has 22 heavy (non-hydrogen) atoms. The lowest BCUT2D eigenvalue weighted by molar-refractivity contribution is -0.122. The normalized spacial score (nSPS) is 12.0. The fourth-order valence-corrected chi connectivity index (χ4v) is 2.48. The predicted molar refractivity (Wildman–Crippen MR) is 87.9 cm³/mol. The Bertz CT molecular complexity index is 719. The van der Waals surface area contributed by atoms with Crippen molar-refractivity contribution in [1.82, 2.24) is 9.88 Å². The summed E-state index contributed by atoms with van der Waals surface area (Å²) in [6.45, 7) is 5.84. The van der Waals surface area contributed by atoms with Crippen LogP contribution in [0.1, 0.15) is 23.6 Å². The van der Waals surface area contributed by atoms with Gasteiger partial charge in [0.25, 0.3) is 5.56 Å². The summed E-state index contributed by atoms with van der Waals surface area (Å²) >= 11 is 0. The van der Waals surface area contributed by atoms with Gasteiger partial charge in [-0.1, -0.05) is 30.3 Å². The first-order valence-electron chi connectivity index (χ1n) is 7.47. The second-order valence-electron chi connectivity index (χ2n) is 5.72. The Morgan fingerprint density at radius 1 is 1.14 bits per heavy atom. The molecule has 1 heterocycles. The summed E-state index contributed by atoms with van der Waals surface area (Å²) in [4.78, 5) is 24.0. The van der Waals surface area contributed by atoms with Gasteiger partial charge in [0.2, 0.25) is 5.91 Å². The molecule has 2 rings (SSSR count). The molecule has 1 amide bonds. The number of aromatic nitrogens is 1. The average molecular weight is 298 g/mol. The molecule has 4 nitrogen and oxygen atoms in total. The van der Waals surface area contributed by atoms with Crippen LogP contribution >= 0.6 is 0 Å². The van der Waals surface area contributed by atoms with E-state index in [9.17, 15) is 9.59 Å². The summed E-state index contributed by atoms with van der Waals surface area (Å²) < 4.78 is 1.44. The van der Waals surface area contributed by atoms with E-state index in [-0.39, 0.29) is 24.1 Å². The Balaban J connectivity index is 1.96. The zero-order valence-corrected chi connectivity index (χ0v) is 13.3. The van der Waals surface area contributed by atoms with Crippen molar-refractivity contribution < 1.29 is 4.79 Å². The maximum atomic E-state index is 12.1. The van der Waals surface area contributed by atoms with Crippen molar-refractivity contribution in [1.29, 1.82) is 0 Å². The molecule has 4 heteroatoms. The van der Waals surface area contributed by atoms with Crippen LogP contribution in [0, 0.1) is 13.8 Å².